The smallest absolute Gasteiger partial charge is 0.189 e. The van der Waals surface area contributed by atoms with Crippen LogP contribution in [0.15, 0.2) is 73.0 Å². The zero-order valence-corrected chi connectivity index (χ0v) is 13.4. The fourth-order valence-electron chi connectivity index (χ4n) is 2.39. The highest BCUT2D eigenvalue weighted by Crippen LogP contribution is 2.22. The van der Waals surface area contributed by atoms with Crippen molar-refractivity contribution < 1.29 is 9.53 Å². The summed E-state index contributed by atoms with van der Waals surface area (Å²) in [6.07, 6.45) is 2.85. The lowest BCUT2D eigenvalue weighted by Gasteiger charge is -2.04. The quantitative estimate of drug-likeness (QED) is 0.356. The van der Waals surface area contributed by atoms with Crippen LogP contribution in [-0.2, 0) is 0 Å². The monoisotopic (exact) mass is 322 g/mol. The van der Waals surface area contributed by atoms with Crippen molar-refractivity contribution in [1.82, 2.24) is 0 Å². The molecule has 0 heterocycles. The molecule has 3 aromatic carbocycles. The van der Waals surface area contributed by atoms with Crippen LogP contribution < -0.4 is 4.74 Å². The SMILES string of the molecule is Cc1cc(O/C=C/C(=O)c2cccc3ccccc23)ccc1Cl. The largest absolute Gasteiger partial charge is 0.465 e. The number of hydrogen-bond donors (Lipinski definition) is 0. The van der Waals surface area contributed by atoms with E-state index in [0.29, 0.717) is 16.3 Å². The third-order valence-electron chi connectivity index (χ3n) is 3.61. The Bertz CT molecular complexity index is 892. The molecule has 3 rings (SSSR count). The maximum atomic E-state index is 12.4. The summed E-state index contributed by atoms with van der Waals surface area (Å²) in [6.45, 7) is 1.90. The van der Waals surface area contributed by atoms with Gasteiger partial charge in [-0.1, -0.05) is 54.1 Å². The first kappa shape index (κ1) is 15.3. The van der Waals surface area contributed by atoms with Gasteiger partial charge >= 0.3 is 0 Å². The van der Waals surface area contributed by atoms with E-state index in [9.17, 15) is 4.79 Å². The van der Waals surface area contributed by atoms with E-state index in [2.05, 4.69) is 0 Å². The van der Waals surface area contributed by atoms with Crippen molar-refractivity contribution in [2.24, 2.45) is 0 Å². The fraction of sp³-hybridized carbons (Fsp3) is 0.0500. The van der Waals surface area contributed by atoms with Crippen molar-refractivity contribution in [1.29, 1.82) is 0 Å². The first-order valence-corrected chi connectivity index (χ1v) is 7.64. The number of allylic oxidation sites excluding steroid dienone is 1. The van der Waals surface area contributed by atoms with Gasteiger partial charge in [0.2, 0.25) is 0 Å². The maximum absolute atomic E-state index is 12.4. The molecule has 0 unspecified atom stereocenters. The summed E-state index contributed by atoms with van der Waals surface area (Å²) in [6, 6.07) is 18.9. The molecule has 0 saturated heterocycles. The van der Waals surface area contributed by atoms with Crippen molar-refractivity contribution in [2.75, 3.05) is 0 Å². The summed E-state index contributed by atoms with van der Waals surface area (Å²) in [5, 5.41) is 2.67. The van der Waals surface area contributed by atoms with Crippen LogP contribution in [0.5, 0.6) is 5.75 Å². The fourth-order valence-corrected chi connectivity index (χ4v) is 2.51. The van der Waals surface area contributed by atoms with Gasteiger partial charge in [0.15, 0.2) is 5.78 Å². The Morgan fingerprint density at radius 1 is 1.04 bits per heavy atom. The van der Waals surface area contributed by atoms with Crippen LogP contribution in [0.3, 0.4) is 0 Å². The normalized spacial score (nSPS) is 11.0. The molecule has 0 fully saturated rings. The van der Waals surface area contributed by atoms with E-state index < -0.39 is 0 Å². The lowest BCUT2D eigenvalue weighted by molar-refractivity contribution is 0.104. The van der Waals surface area contributed by atoms with Gasteiger partial charge in [-0.3, -0.25) is 4.79 Å². The molecule has 0 spiro atoms. The van der Waals surface area contributed by atoms with Crippen LogP contribution in [0.2, 0.25) is 5.02 Å². The highest BCUT2D eigenvalue weighted by atomic mass is 35.5. The maximum Gasteiger partial charge on any atom is 0.189 e. The van der Waals surface area contributed by atoms with E-state index in [-0.39, 0.29) is 5.78 Å². The molecule has 0 aliphatic rings. The minimum absolute atomic E-state index is 0.0903. The number of ether oxygens (including phenoxy) is 1. The Hall–Kier alpha value is -2.58. The predicted molar refractivity (Wildman–Crippen MR) is 94.2 cm³/mol. The second kappa shape index (κ2) is 6.67. The van der Waals surface area contributed by atoms with Gasteiger partial charge in [0, 0.05) is 16.7 Å². The molecule has 2 nitrogen and oxygen atoms in total. The second-order valence-electron chi connectivity index (χ2n) is 5.22. The molecule has 3 heteroatoms. The predicted octanol–water partition coefficient (Wildman–Crippen LogP) is 5.58. The van der Waals surface area contributed by atoms with Crippen LogP contribution in [0.25, 0.3) is 10.8 Å². The lowest BCUT2D eigenvalue weighted by atomic mass is 10.0. The number of ketones is 1. The molecule has 0 atom stereocenters. The average Bonchev–Trinajstić information content (AvgIpc) is 2.57. The van der Waals surface area contributed by atoms with E-state index >= 15 is 0 Å². The minimum Gasteiger partial charge on any atom is -0.465 e. The van der Waals surface area contributed by atoms with Gasteiger partial charge in [-0.15, -0.1) is 0 Å². The third-order valence-corrected chi connectivity index (χ3v) is 4.03. The van der Waals surface area contributed by atoms with Crippen molar-refractivity contribution in [3.8, 4) is 5.75 Å². The Morgan fingerprint density at radius 2 is 1.83 bits per heavy atom. The van der Waals surface area contributed by atoms with Crippen LogP contribution in [-0.4, -0.2) is 5.78 Å². The molecule has 114 valence electrons. The number of benzene rings is 3. The Kier molecular flexibility index (Phi) is 4.45. The van der Waals surface area contributed by atoms with E-state index in [1.165, 1.54) is 12.3 Å². The van der Waals surface area contributed by atoms with Crippen molar-refractivity contribution in [2.45, 2.75) is 6.92 Å². The van der Waals surface area contributed by atoms with Gasteiger partial charge in [-0.2, -0.15) is 0 Å². The van der Waals surface area contributed by atoms with Crippen LogP contribution in [0, 0.1) is 6.92 Å². The van der Waals surface area contributed by atoms with Gasteiger partial charge in [0.05, 0.1) is 6.26 Å². The zero-order chi connectivity index (χ0) is 16.2. The zero-order valence-electron chi connectivity index (χ0n) is 12.6. The molecular formula is C20H15ClO2. The molecule has 3 aromatic rings. The molecule has 0 N–H and O–H groups in total. The van der Waals surface area contributed by atoms with E-state index in [0.717, 1.165) is 16.3 Å². The van der Waals surface area contributed by atoms with Crippen molar-refractivity contribution >= 4 is 28.2 Å². The molecule has 23 heavy (non-hydrogen) atoms. The summed E-state index contributed by atoms with van der Waals surface area (Å²) >= 11 is 5.97. The summed E-state index contributed by atoms with van der Waals surface area (Å²) in [5.74, 6) is 0.557. The number of carbonyl (C=O) groups excluding carboxylic acids is 1. The van der Waals surface area contributed by atoms with Crippen LogP contribution in [0.1, 0.15) is 15.9 Å². The first-order chi connectivity index (χ1) is 11.1. The minimum atomic E-state index is -0.0903. The number of carbonyl (C=O) groups is 1. The topological polar surface area (TPSA) is 26.3 Å². The highest BCUT2D eigenvalue weighted by Gasteiger charge is 2.06. The van der Waals surface area contributed by atoms with Gasteiger partial charge in [0.1, 0.15) is 5.75 Å². The van der Waals surface area contributed by atoms with Crippen LogP contribution >= 0.6 is 11.6 Å². The Morgan fingerprint density at radius 3 is 2.65 bits per heavy atom. The number of halogens is 1. The standard InChI is InChI=1S/C20H15ClO2/c1-14-13-16(9-10-19(14)21)23-12-11-20(22)18-8-4-6-15-5-2-3-7-17(15)18/h2-13H,1H3/b12-11+. The van der Waals surface area contributed by atoms with E-state index in [1.54, 1.807) is 12.1 Å². The van der Waals surface area contributed by atoms with Gasteiger partial charge in [-0.25, -0.2) is 0 Å². The Balaban J connectivity index is 1.79. The number of rotatable bonds is 4. The van der Waals surface area contributed by atoms with Crippen LogP contribution in [0.4, 0.5) is 0 Å². The van der Waals surface area contributed by atoms with Gasteiger partial charge in [-0.05, 0) is 41.5 Å². The molecule has 0 amide bonds. The van der Waals surface area contributed by atoms with Crippen molar-refractivity contribution in [3.05, 3.63) is 89.2 Å². The molecule has 0 aliphatic carbocycles. The molecular weight excluding hydrogens is 308 g/mol. The summed E-state index contributed by atoms with van der Waals surface area (Å²) in [5.41, 5.74) is 1.59. The van der Waals surface area contributed by atoms with Gasteiger partial charge < -0.3 is 4.74 Å². The summed E-state index contributed by atoms with van der Waals surface area (Å²) in [7, 11) is 0. The first-order valence-electron chi connectivity index (χ1n) is 7.26. The Labute approximate surface area is 140 Å². The number of hydrogen-bond acceptors (Lipinski definition) is 2. The molecule has 0 aliphatic heterocycles. The highest BCUT2D eigenvalue weighted by molar-refractivity contribution is 6.31. The van der Waals surface area contributed by atoms with E-state index in [4.69, 9.17) is 16.3 Å². The molecule has 0 bridgehead atoms. The molecule has 0 aromatic heterocycles. The lowest BCUT2D eigenvalue weighted by Crippen LogP contribution is -1.96. The number of aryl methyl sites for hydroxylation is 1. The molecule has 0 saturated carbocycles. The van der Waals surface area contributed by atoms with E-state index in [1.807, 2.05) is 55.5 Å². The van der Waals surface area contributed by atoms with Gasteiger partial charge in [0.25, 0.3) is 0 Å². The molecule has 0 radical (unpaired) electrons. The number of fused-ring (bicyclic) bond motifs is 1. The summed E-state index contributed by atoms with van der Waals surface area (Å²) in [4.78, 5) is 12.4. The van der Waals surface area contributed by atoms with Crippen molar-refractivity contribution in [3.63, 3.8) is 0 Å². The average molecular weight is 323 g/mol. The second-order valence-corrected chi connectivity index (χ2v) is 5.63. The summed E-state index contributed by atoms with van der Waals surface area (Å²) < 4.78 is 5.49. The third kappa shape index (κ3) is 3.43.